The summed E-state index contributed by atoms with van der Waals surface area (Å²) >= 11 is 0. The van der Waals surface area contributed by atoms with Crippen molar-refractivity contribution in [2.75, 3.05) is 13.7 Å². The fraction of sp³-hybridized carbons (Fsp3) is 0.217. The second kappa shape index (κ2) is 8.65. The van der Waals surface area contributed by atoms with Gasteiger partial charge < -0.3 is 19.9 Å². The van der Waals surface area contributed by atoms with E-state index in [0.717, 1.165) is 42.1 Å². The van der Waals surface area contributed by atoms with Crippen LogP contribution < -0.4 is 10.5 Å². The van der Waals surface area contributed by atoms with Gasteiger partial charge in [-0.15, -0.1) is 0 Å². The normalized spacial score (nSPS) is 16.3. The number of aliphatic imine (C=N–C) groups is 1. The average molecular weight is 387 g/mol. The SMILES string of the molecule is COc1ccccc1C1=CC(N)=NC(c2ccccc2)N1CCCn1ccnc1. The highest BCUT2D eigenvalue weighted by Gasteiger charge is 2.27. The van der Waals surface area contributed by atoms with Crippen LogP contribution >= 0.6 is 0 Å². The van der Waals surface area contributed by atoms with Gasteiger partial charge in [-0.05, 0) is 24.1 Å². The van der Waals surface area contributed by atoms with E-state index in [1.54, 1.807) is 13.3 Å². The van der Waals surface area contributed by atoms with Crippen molar-refractivity contribution in [3.63, 3.8) is 0 Å². The van der Waals surface area contributed by atoms with Crippen LogP contribution in [-0.2, 0) is 6.54 Å². The molecule has 0 spiro atoms. The van der Waals surface area contributed by atoms with Crippen LogP contribution in [-0.4, -0.2) is 33.9 Å². The predicted octanol–water partition coefficient (Wildman–Crippen LogP) is 3.69. The van der Waals surface area contributed by atoms with Gasteiger partial charge in [0.25, 0.3) is 0 Å². The van der Waals surface area contributed by atoms with Crippen LogP contribution in [0.4, 0.5) is 0 Å². The molecule has 4 rings (SSSR count). The summed E-state index contributed by atoms with van der Waals surface area (Å²) < 4.78 is 7.71. The van der Waals surface area contributed by atoms with Crippen molar-refractivity contribution < 1.29 is 4.74 Å². The smallest absolute Gasteiger partial charge is 0.149 e. The number of imidazole rings is 1. The Bertz CT molecular complexity index is 995. The van der Waals surface area contributed by atoms with Gasteiger partial charge in [0.05, 0.1) is 19.1 Å². The lowest BCUT2D eigenvalue weighted by molar-refractivity contribution is 0.291. The molecule has 2 aromatic carbocycles. The monoisotopic (exact) mass is 387 g/mol. The lowest BCUT2D eigenvalue weighted by atomic mass is 10.0. The number of aryl methyl sites for hydroxylation is 1. The number of hydrogen-bond acceptors (Lipinski definition) is 5. The van der Waals surface area contributed by atoms with E-state index >= 15 is 0 Å². The van der Waals surface area contributed by atoms with Gasteiger partial charge in [0.1, 0.15) is 17.8 Å². The van der Waals surface area contributed by atoms with Gasteiger partial charge in [0.2, 0.25) is 0 Å². The third kappa shape index (κ3) is 4.16. The van der Waals surface area contributed by atoms with Gasteiger partial charge in [0.15, 0.2) is 0 Å². The van der Waals surface area contributed by atoms with E-state index in [4.69, 9.17) is 15.5 Å². The number of rotatable bonds is 7. The zero-order chi connectivity index (χ0) is 20.1. The number of benzene rings is 2. The zero-order valence-electron chi connectivity index (χ0n) is 16.5. The first kappa shape index (κ1) is 18.8. The summed E-state index contributed by atoms with van der Waals surface area (Å²) in [7, 11) is 1.69. The number of nitrogens with zero attached hydrogens (tertiary/aromatic N) is 4. The van der Waals surface area contributed by atoms with E-state index < -0.39 is 0 Å². The number of methoxy groups -OCH3 is 1. The third-order valence-corrected chi connectivity index (χ3v) is 5.02. The Morgan fingerprint density at radius 3 is 2.59 bits per heavy atom. The van der Waals surface area contributed by atoms with Crippen LogP contribution in [0.15, 0.2) is 84.4 Å². The Kier molecular flexibility index (Phi) is 5.61. The highest BCUT2D eigenvalue weighted by molar-refractivity contribution is 5.99. The molecule has 1 aliphatic rings. The molecular weight excluding hydrogens is 362 g/mol. The number of aromatic nitrogens is 2. The summed E-state index contributed by atoms with van der Waals surface area (Å²) in [5.74, 6) is 1.34. The Morgan fingerprint density at radius 1 is 1.03 bits per heavy atom. The first-order valence-electron chi connectivity index (χ1n) is 9.72. The summed E-state index contributed by atoms with van der Waals surface area (Å²) in [6, 6.07) is 18.3. The molecule has 29 heavy (non-hydrogen) atoms. The number of para-hydroxylation sites is 1. The molecule has 6 nitrogen and oxygen atoms in total. The summed E-state index contributed by atoms with van der Waals surface area (Å²) in [6.07, 6.45) is 8.34. The summed E-state index contributed by atoms with van der Waals surface area (Å²) in [4.78, 5) is 11.2. The molecular formula is C23H25N5O. The summed E-state index contributed by atoms with van der Waals surface area (Å²) in [5.41, 5.74) is 9.39. The molecule has 3 aromatic rings. The topological polar surface area (TPSA) is 68.7 Å². The molecule has 1 unspecified atom stereocenters. The van der Waals surface area contributed by atoms with Gasteiger partial charge >= 0.3 is 0 Å². The van der Waals surface area contributed by atoms with Crippen LogP contribution in [0.2, 0.25) is 0 Å². The molecule has 0 amide bonds. The fourth-order valence-electron chi connectivity index (χ4n) is 3.66. The molecule has 2 heterocycles. The second-order valence-corrected chi connectivity index (χ2v) is 6.92. The van der Waals surface area contributed by atoms with Crippen molar-refractivity contribution in [2.24, 2.45) is 10.7 Å². The third-order valence-electron chi connectivity index (χ3n) is 5.02. The largest absolute Gasteiger partial charge is 0.496 e. The van der Waals surface area contributed by atoms with Crippen molar-refractivity contribution in [3.05, 3.63) is 90.5 Å². The molecule has 0 fully saturated rings. The Morgan fingerprint density at radius 2 is 1.83 bits per heavy atom. The second-order valence-electron chi connectivity index (χ2n) is 6.92. The molecule has 1 aliphatic heterocycles. The number of ether oxygens (including phenoxy) is 1. The lowest BCUT2D eigenvalue weighted by Crippen LogP contribution is -2.34. The van der Waals surface area contributed by atoms with Crippen molar-refractivity contribution in [2.45, 2.75) is 19.1 Å². The predicted molar refractivity (Wildman–Crippen MR) is 115 cm³/mol. The standard InChI is InChI=1S/C23H25N5O/c1-29-21-11-6-5-10-19(21)20-16-22(24)26-23(18-8-3-2-4-9-18)28(20)14-7-13-27-15-12-25-17-27/h2-6,8-12,15-17,23H,7,13-14H2,1H3,(H2,24,26). The lowest BCUT2D eigenvalue weighted by Gasteiger charge is -2.36. The number of hydrogen-bond donors (Lipinski definition) is 1. The molecule has 0 radical (unpaired) electrons. The maximum Gasteiger partial charge on any atom is 0.149 e. The van der Waals surface area contributed by atoms with E-state index in [-0.39, 0.29) is 6.17 Å². The van der Waals surface area contributed by atoms with Gasteiger partial charge in [-0.2, -0.15) is 0 Å². The van der Waals surface area contributed by atoms with Gasteiger partial charge in [0, 0.05) is 37.1 Å². The first-order valence-corrected chi connectivity index (χ1v) is 9.72. The van der Waals surface area contributed by atoms with E-state index in [1.807, 2.05) is 55.0 Å². The Labute approximate surface area is 171 Å². The van der Waals surface area contributed by atoms with E-state index in [0.29, 0.717) is 5.84 Å². The maximum absolute atomic E-state index is 6.24. The van der Waals surface area contributed by atoms with Gasteiger partial charge in [-0.1, -0.05) is 42.5 Å². The maximum atomic E-state index is 6.24. The van der Waals surface area contributed by atoms with Crippen LogP contribution in [0.5, 0.6) is 5.75 Å². The quantitative estimate of drug-likeness (QED) is 0.671. The van der Waals surface area contributed by atoms with Crippen molar-refractivity contribution >= 4 is 11.5 Å². The molecule has 1 aromatic heterocycles. The molecule has 148 valence electrons. The van der Waals surface area contributed by atoms with Crippen LogP contribution in [0.25, 0.3) is 5.70 Å². The fourth-order valence-corrected chi connectivity index (χ4v) is 3.66. The molecule has 0 saturated carbocycles. The van der Waals surface area contributed by atoms with Crippen LogP contribution in [0, 0.1) is 0 Å². The van der Waals surface area contributed by atoms with E-state index in [9.17, 15) is 0 Å². The van der Waals surface area contributed by atoms with Crippen LogP contribution in [0.1, 0.15) is 23.7 Å². The van der Waals surface area contributed by atoms with Crippen molar-refractivity contribution in [1.29, 1.82) is 0 Å². The zero-order valence-corrected chi connectivity index (χ0v) is 16.5. The molecule has 2 N–H and O–H groups in total. The summed E-state index contributed by atoms with van der Waals surface area (Å²) in [6.45, 7) is 1.70. The summed E-state index contributed by atoms with van der Waals surface area (Å²) in [5, 5.41) is 0. The van der Waals surface area contributed by atoms with E-state index in [2.05, 4.69) is 32.7 Å². The number of nitrogens with two attached hydrogens (primary N) is 1. The first-order chi connectivity index (χ1) is 14.3. The van der Waals surface area contributed by atoms with Gasteiger partial charge in [-0.25, -0.2) is 9.98 Å². The molecule has 6 heteroatoms. The minimum absolute atomic E-state index is 0.177. The number of amidine groups is 1. The Balaban J connectivity index is 1.69. The van der Waals surface area contributed by atoms with E-state index in [1.165, 1.54) is 0 Å². The highest BCUT2D eigenvalue weighted by atomic mass is 16.5. The Hall–Kier alpha value is -3.54. The molecule has 0 aliphatic carbocycles. The highest BCUT2D eigenvalue weighted by Crippen LogP contribution is 2.37. The van der Waals surface area contributed by atoms with Crippen molar-refractivity contribution in [1.82, 2.24) is 14.5 Å². The molecule has 0 saturated heterocycles. The van der Waals surface area contributed by atoms with Crippen molar-refractivity contribution in [3.8, 4) is 5.75 Å². The minimum Gasteiger partial charge on any atom is -0.496 e. The molecule has 1 atom stereocenters. The average Bonchev–Trinajstić information content (AvgIpc) is 3.28. The van der Waals surface area contributed by atoms with Gasteiger partial charge in [-0.3, -0.25) is 0 Å². The molecule has 0 bridgehead atoms. The van der Waals surface area contributed by atoms with Crippen LogP contribution in [0.3, 0.4) is 0 Å². The minimum atomic E-state index is -0.177.